The standard InChI is InChI=1S/C13H20N2O/c1-9-5-4-6-11(10(9)2)7-12(8-14)13(16)15-3/h4-6,12H,7-8,14H2,1-3H3,(H,15,16). The van der Waals surface area contributed by atoms with Crippen LogP contribution in [0.4, 0.5) is 0 Å². The fourth-order valence-electron chi connectivity index (χ4n) is 1.79. The molecule has 88 valence electrons. The van der Waals surface area contributed by atoms with Crippen LogP contribution in [0, 0.1) is 19.8 Å². The number of hydrogen-bond acceptors (Lipinski definition) is 2. The largest absolute Gasteiger partial charge is 0.359 e. The zero-order valence-electron chi connectivity index (χ0n) is 10.2. The molecular formula is C13H20N2O. The third-order valence-electron chi connectivity index (χ3n) is 3.08. The van der Waals surface area contributed by atoms with Gasteiger partial charge in [0, 0.05) is 13.6 Å². The molecule has 1 unspecified atom stereocenters. The summed E-state index contributed by atoms with van der Waals surface area (Å²) in [4.78, 5) is 11.6. The number of aryl methyl sites for hydroxylation is 1. The number of carbonyl (C=O) groups is 1. The van der Waals surface area contributed by atoms with Crippen LogP contribution in [0.25, 0.3) is 0 Å². The number of hydrogen-bond donors (Lipinski definition) is 2. The Bertz CT molecular complexity index is 374. The van der Waals surface area contributed by atoms with E-state index in [0.717, 1.165) is 0 Å². The Balaban J connectivity index is 2.86. The van der Waals surface area contributed by atoms with E-state index in [1.807, 2.05) is 6.07 Å². The lowest BCUT2D eigenvalue weighted by atomic mass is 9.93. The van der Waals surface area contributed by atoms with Crippen molar-refractivity contribution in [3.05, 3.63) is 34.9 Å². The minimum absolute atomic E-state index is 0.0170. The normalized spacial score (nSPS) is 12.2. The van der Waals surface area contributed by atoms with Crippen molar-refractivity contribution in [1.29, 1.82) is 0 Å². The molecule has 1 aromatic carbocycles. The average Bonchev–Trinajstić information content (AvgIpc) is 2.30. The highest BCUT2D eigenvalue weighted by molar-refractivity contribution is 5.78. The summed E-state index contributed by atoms with van der Waals surface area (Å²) >= 11 is 0. The number of amides is 1. The summed E-state index contributed by atoms with van der Waals surface area (Å²) in [6.07, 6.45) is 0.712. The van der Waals surface area contributed by atoms with Gasteiger partial charge in [0.15, 0.2) is 0 Å². The molecule has 3 nitrogen and oxygen atoms in total. The number of benzene rings is 1. The van der Waals surface area contributed by atoms with Crippen molar-refractivity contribution in [2.24, 2.45) is 11.7 Å². The van der Waals surface area contributed by atoms with Crippen molar-refractivity contribution in [3.63, 3.8) is 0 Å². The molecule has 0 aromatic heterocycles. The molecule has 0 aliphatic rings. The van der Waals surface area contributed by atoms with Crippen molar-refractivity contribution in [2.45, 2.75) is 20.3 Å². The molecule has 0 fully saturated rings. The highest BCUT2D eigenvalue weighted by Gasteiger charge is 2.16. The van der Waals surface area contributed by atoms with Crippen molar-refractivity contribution in [1.82, 2.24) is 5.32 Å². The molecule has 0 saturated heterocycles. The van der Waals surface area contributed by atoms with Crippen molar-refractivity contribution < 1.29 is 4.79 Å². The number of rotatable bonds is 4. The lowest BCUT2D eigenvalue weighted by Gasteiger charge is -2.15. The van der Waals surface area contributed by atoms with Crippen LogP contribution < -0.4 is 11.1 Å². The molecule has 0 aliphatic heterocycles. The Hall–Kier alpha value is -1.35. The van der Waals surface area contributed by atoms with E-state index in [9.17, 15) is 4.79 Å². The second kappa shape index (κ2) is 5.66. The predicted octanol–water partition coefficient (Wildman–Crippen LogP) is 1.17. The Morgan fingerprint density at radius 3 is 2.69 bits per heavy atom. The van der Waals surface area contributed by atoms with E-state index in [-0.39, 0.29) is 11.8 Å². The van der Waals surface area contributed by atoms with Crippen LogP contribution >= 0.6 is 0 Å². The van der Waals surface area contributed by atoms with Gasteiger partial charge >= 0.3 is 0 Å². The van der Waals surface area contributed by atoms with Crippen molar-refractivity contribution in [2.75, 3.05) is 13.6 Å². The van der Waals surface area contributed by atoms with Crippen LogP contribution in [0.3, 0.4) is 0 Å². The molecule has 0 bridgehead atoms. The van der Waals surface area contributed by atoms with E-state index < -0.39 is 0 Å². The summed E-state index contributed by atoms with van der Waals surface area (Å²) < 4.78 is 0. The van der Waals surface area contributed by atoms with E-state index in [1.54, 1.807) is 7.05 Å². The highest BCUT2D eigenvalue weighted by atomic mass is 16.1. The number of carbonyl (C=O) groups excluding carboxylic acids is 1. The molecule has 0 spiro atoms. The van der Waals surface area contributed by atoms with E-state index >= 15 is 0 Å². The van der Waals surface area contributed by atoms with Gasteiger partial charge in [0.1, 0.15) is 0 Å². The fraction of sp³-hybridized carbons (Fsp3) is 0.462. The molecule has 0 aliphatic carbocycles. The van der Waals surface area contributed by atoms with Crippen LogP contribution in [0.5, 0.6) is 0 Å². The molecule has 0 saturated carbocycles. The SMILES string of the molecule is CNC(=O)C(CN)Cc1cccc(C)c1C. The lowest BCUT2D eigenvalue weighted by molar-refractivity contribution is -0.124. The van der Waals surface area contributed by atoms with E-state index in [2.05, 4.69) is 31.3 Å². The first-order valence-electron chi connectivity index (χ1n) is 5.57. The maximum Gasteiger partial charge on any atom is 0.224 e. The lowest BCUT2D eigenvalue weighted by Crippen LogP contribution is -2.34. The van der Waals surface area contributed by atoms with Crippen LogP contribution in [-0.4, -0.2) is 19.5 Å². The summed E-state index contributed by atoms with van der Waals surface area (Å²) in [5, 5.41) is 2.65. The van der Waals surface area contributed by atoms with Gasteiger partial charge < -0.3 is 11.1 Å². The van der Waals surface area contributed by atoms with Gasteiger partial charge in [-0.3, -0.25) is 4.79 Å². The zero-order chi connectivity index (χ0) is 12.1. The summed E-state index contributed by atoms with van der Waals surface area (Å²) in [6, 6.07) is 6.17. The minimum atomic E-state index is -0.134. The zero-order valence-corrected chi connectivity index (χ0v) is 10.2. The molecule has 0 radical (unpaired) electrons. The topological polar surface area (TPSA) is 55.1 Å². The van der Waals surface area contributed by atoms with Crippen LogP contribution in [-0.2, 0) is 11.2 Å². The van der Waals surface area contributed by atoms with Gasteiger partial charge in [-0.25, -0.2) is 0 Å². The third kappa shape index (κ3) is 2.83. The number of nitrogens with one attached hydrogen (secondary N) is 1. The molecule has 1 atom stereocenters. The highest BCUT2D eigenvalue weighted by Crippen LogP contribution is 2.16. The summed E-state index contributed by atoms with van der Waals surface area (Å²) in [7, 11) is 1.65. The molecule has 1 amide bonds. The second-order valence-corrected chi connectivity index (χ2v) is 4.11. The minimum Gasteiger partial charge on any atom is -0.359 e. The molecular weight excluding hydrogens is 200 g/mol. The van der Waals surface area contributed by atoms with E-state index in [0.29, 0.717) is 13.0 Å². The van der Waals surface area contributed by atoms with E-state index in [1.165, 1.54) is 16.7 Å². The first-order valence-corrected chi connectivity index (χ1v) is 5.57. The Morgan fingerprint density at radius 2 is 2.12 bits per heavy atom. The maximum atomic E-state index is 11.6. The van der Waals surface area contributed by atoms with Gasteiger partial charge in [-0.2, -0.15) is 0 Å². The average molecular weight is 220 g/mol. The van der Waals surface area contributed by atoms with Crippen molar-refractivity contribution >= 4 is 5.91 Å². The van der Waals surface area contributed by atoms with Crippen molar-refractivity contribution in [3.8, 4) is 0 Å². The van der Waals surface area contributed by atoms with Gasteiger partial charge in [-0.15, -0.1) is 0 Å². The molecule has 16 heavy (non-hydrogen) atoms. The Kier molecular flexibility index (Phi) is 4.50. The second-order valence-electron chi connectivity index (χ2n) is 4.11. The van der Waals surface area contributed by atoms with Crippen LogP contribution in [0.15, 0.2) is 18.2 Å². The first kappa shape index (κ1) is 12.7. The van der Waals surface area contributed by atoms with Gasteiger partial charge in [0.05, 0.1) is 5.92 Å². The predicted molar refractivity (Wildman–Crippen MR) is 66.2 cm³/mol. The monoisotopic (exact) mass is 220 g/mol. The Morgan fingerprint density at radius 1 is 1.44 bits per heavy atom. The molecule has 3 heteroatoms. The molecule has 0 heterocycles. The quantitative estimate of drug-likeness (QED) is 0.800. The number of nitrogens with two attached hydrogens (primary N) is 1. The third-order valence-corrected chi connectivity index (χ3v) is 3.08. The summed E-state index contributed by atoms with van der Waals surface area (Å²) in [6.45, 7) is 4.55. The fourth-order valence-corrected chi connectivity index (χ4v) is 1.79. The maximum absolute atomic E-state index is 11.6. The van der Waals surface area contributed by atoms with Gasteiger partial charge in [-0.05, 0) is 37.0 Å². The van der Waals surface area contributed by atoms with Gasteiger partial charge in [0.2, 0.25) is 5.91 Å². The summed E-state index contributed by atoms with van der Waals surface area (Å²) in [5.41, 5.74) is 9.34. The molecule has 3 N–H and O–H groups in total. The molecule has 1 rings (SSSR count). The molecule has 1 aromatic rings. The van der Waals surface area contributed by atoms with Crippen LogP contribution in [0.1, 0.15) is 16.7 Å². The first-order chi connectivity index (χ1) is 7.60. The smallest absolute Gasteiger partial charge is 0.224 e. The van der Waals surface area contributed by atoms with E-state index in [4.69, 9.17) is 5.73 Å². The summed E-state index contributed by atoms with van der Waals surface area (Å²) in [5.74, 6) is -0.117. The van der Waals surface area contributed by atoms with Gasteiger partial charge in [0.25, 0.3) is 0 Å². The Labute approximate surface area is 97.0 Å². The van der Waals surface area contributed by atoms with Gasteiger partial charge in [-0.1, -0.05) is 18.2 Å². The van der Waals surface area contributed by atoms with Crippen LogP contribution in [0.2, 0.25) is 0 Å².